The molecule has 30 heavy (non-hydrogen) atoms. The molecule has 0 spiro atoms. The molecule has 0 bridgehead atoms. The number of halogens is 1. The molecule has 156 valence electrons. The van der Waals surface area contributed by atoms with Crippen LogP contribution in [0.25, 0.3) is 17.1 Å². The van der Waals surface area contributed by atoms with Gasteiger partial charge in [-0.05, 0) is 43.2 Å². The SMILES string of the molecule is O=C(c1cc(-c2ccco2)n(-c2cccc(Cl)c2)n1)N1CCCC(C2OCCO2)C1. The third-order valence-electron chi connectivity index (χ3n) is 5.53. The smallest absolute Gasteiger partial charge is 0.274 e. The van der Waals surface area contributed by atoms with Crippen LogP contribution in [0.2, 0.25) is 5.02 Å². The van der Waals surface area contributed by atoms with Crippen molar-refractivity contribution >= 4 is 17.5 Å². The molecule has 2 aliphatic rings. The van der Waals surface area contributed by atoms with Crippen molar-refractivity contribution < 1.29 is 18.7 Å². The van der Waals surface area contributed by atoms with Crippen LogP contribution in [0.1, 0.15) is 23.3 Å². The second-order valence-corrected chi connectivity index (χ2v) is 7.98. The number of ether oxygens (including phenoxy) is 2. The molecular formula is C22H22ClN3O4. The van der Waals surface area contributed by atoms with Crippen molar-refractivity contribution in [2.45, 2.75) is 19.1 Å². The summed E-state index contributed by atoms with van der Waals surface area (Å²) in [5.41, 5.74) is 1.83. The summed E-state index contributed by atoms with van der Waals surface area (Å²) in [6.07, 6.45) is 3.29. The zero-order valence-corrected chi connectivity index (χ0v) is 17.1. The van der Waals surface area contributed by atoms with Crippen LogP contribution in [0.15, 0.2) is 53.1 Å². The van der Waals surface area contributed by atoms with E-state index in [1.54, 1.807) is 29.1 Å². The van der Waals surface area contributed by atoms with Crippen LogP contribution in [-0.2, 0) is 9.47 Å². The number of aromatic nitrogens is 2. The maximum Gasteiger partial charge on any atom is 0.274 e. The molecular weight excluding hydrogens is 406 g/mol. The Hall–Kier alpha value is -2.61. The third-order valence-corrected chi connectivity index (χ3v) is 5.77. The van der Waals surface area contributed by atoms with Gasteiger partial charge in [-0.3, -0.25) is 4.79 Å². The molecule has 1 amide bonds. The molecule has 2 aromatic heterocycles. The largest absolute Gasteiger partial charge is 0.463 e. The molecule has 1 aromatic carbocycles. The molecule has 1 unspecified atom stereocenters. The van der Waals surface area contributed by atoms with E-state index in [4.69, 9.17) is 25.5 Å². The molecule has 2 fully saturated rings. The first-order chi connectivity index (χ1) is 14.7. The molecule has 5 rings (SSSR count). The van der Waals surface area contributed by atoms with Crippen molar-refractivity contribution in [3.8, 4) is 17.1 Å². The Balaban J connectivity index is 1.45. The topological polar surface area (TPSA) is 69.7 Å². The van der Waals surface area contributed by atoms with Crippen LogP contribution in [0, 0.1) is 5.92 Å². The van der Waals surface area contributed by atoms with Crippen molar-refractivity contribution in [1.29, 1.82) is 0 Å². The zero-order chi connectivity index (χ0) is 20.5. The van der Waals surface area contributed by atoms with Crippen molar-refractivity contribution in [3.63, 3.8) is 0 Å². The van der Waals surface area contributed by atoms with Gasteiger partial charge in [-0.2, -0.15) is 5.10 Å². The van der Waals surface area contributed by atoms with Crippen molar-refractivity contribution in [3.05, 3.63) is 59.4 Å². The van der Waals surface area contributed by atoms with Gasteiger partial charge in [0.25, 0.3) is 5.91 Å². The summed E-state index contributed by atoms with van der Waals surface area (Å²) in [6, 6.07) is 12.8. The van der Waals surface area contributed by atoms with Gasteiger partial charge >= 0.3 is 0 Å². The number of piperidine rings is 1. The summed E-state index contributed by atoms with van der Waals surface area (Å²) in [5, 5.41) is 5.21. The number of nitrogens with zero attached hydrogens (tertiary/aromatic N) is 3. The molecule has 2 saturated heterocycles. The molecule has 1 atom stereocenters. The lowest BCUT2D eigenvalue weighted by molar-refractivity contribution is -0.0969. The molecule has 0 radical (unpaired) electrons. The summed E-state index contributed by atoms with van der Waals surface area (Å²) < 4.78 is 18.6. The van der Waals surface area contributed by atoms with E-state index < -0.39 is 0 Å². The lowest BCUT2D eigenvalue weighted by atomic mass is 9.97. The van der Waals surface area contributed by atoms with Gasteiger partial charge in [0.1, 0.15) is 5.69 Å². The number of carbonyl (C=O) groups excluding carboxylic acids is 1. The minimum atomic E-state index is -0.219. The molecule has 2 aliphatic heterocycles. The van der Waals surface area contributed by atoms with Crippen LogP contribution < -0.4 is 0 Å². The van der Waals surface area contributed by atoms with Gasteiger partial charge in [0.15, 0.2) is 17.7 Å². The normalized spacial score (nSPS) is 20.0. The molecule has 0 saturated carbocycles. The highest BCUT2D eigenvalue weighted by Crippen LogP contribution is 2.29. The molecule has 7 nitrogen and oxygen atoms in total. The molecule has 0 aliphatic carbocycles. The zero-order valence-electron chi connectivity index (χ0n) is 16.4. The number of benzene rings is 1. The maximum absolute atomic E-state index is 13.3. The number of hydrogen-bond donors (Lipinski definition) is 0. The van der Waals surface area contributed by atoms with Gasteiger partial charge in [0.2, 0.25) is 0 Å². The monoisotopic (exact) mass is 427 g/mol. The average Bonchev–Trinajstić information content (AvgIpc) is 3.54. The summed E-state index contributed by atoms with van der Waals surface area (Å²) >= 11 is 6.18. The highest BCUT2D eigenvalue weighted by Gasteiger charge is 2.34. The lowest BCUT2D eigenvalue weighted by Crippen LogP contribution is -2.44. The number of amides is 1. The first kappa shape index (κ1) is 19.4. The summed E-state index contributed by atoms with van der Waals surface area (Å²) in [5.74, 6) is 0.710. The van der Waals surface area contributed by atoms with Crippen LogP contribution in [0.3, 0.4) is 0 Å². The van der Waals surface area contributed by atoms with E-state index in [2.05, 4.69) is 5.10 Å². The fraction of sp³-hybridized carbons (Fsp3) is 0.364. The Kier molecular flexibility index (Phi) is 5.33. The fourth-order valence-corrected chi connectivity index (χ4v) is 4.30. The maximum atomic E-state index is 13.3. The number of carbonyl (C=O) groups is 1. The van der Waals surface area contributed by atoms with E-state index in [9.17, 15) is 4.79 Å². The number of likely N-dealkylation sites (tertiary alicyclic amines) is 1. The Bertz CT molecular complexity index is 1030. The average molecular weight is 428 g/mol. The quantitative estimate of drug-likeness (QED) is 0.629. The second kappa shape index (κ2) is 8.26. The van der Waals surface area contributed by atoms with Crippen LogP contribution >= 0.6 is 11.6 Å². The van der Waals surface area contributed by atoms with Crippen molar-refractivity contribution in [2.75, 3.05) is 26.3 Å². The Morgan fingerprint density at radius 1 is 1.13 bits per heavy atom. The fourth-order valence-electron chi connectivity index (χ4n) is 4.12. The predicted molar refractivity (Wildman–Crippen MR) is 111 cm³/mol. The standard InChI is InChI=1S/C22H22ClN3O4/c23-16-5-1-6-17(12-16)26-19(20-7-3-9-28-20)13-18(24-26)21(27)25-8-2-4-15(14-25)22-29-10-11-30-22/h1,3,5-7,9,12-13,15,22H,2,4,8,10-11,14H2. The van der Waals surface area contributed by atoms with Crippen molar-refractivity contribution in [2.24, 2.45) is 5.92 Å². The van der Waals surface area contributed by atoms with Crippen LogP contribution in [0.5, 0.6) is 0 Å². The molecule has 8 heteroatoms. The van der Waals surface area contributed by atoms with E-state index in [0.29, 0.717) is 48.5 Å². The lowest BCUT2D eigenvalue weighted by Gasteiger charge is -2.34. The van der Waals surface area contributed by atoms with E-state index in [0.717, 1.165) is 18.5 Å². The number of rotatable bonds is 4. The first-order valence-electron chi connectivity index (χ1n) is 10.1. The predicted octanol–water partition coefficient (Wildman–Crippen LogP) is 4.01. The molecule has 3 aromatic rings. The molecule has 0 N–H and O–H groups in total. The van der Waals surface area contributed by atoms with E-state index in [1.165, 1.54) is 0 Å². The summed E-state index contributed by atoms with van der Waals surface area (Å²) in [4.78, 5) is 15.1. The second-order valence-electron chi connectivity index (χ2n) is 7.55. The summed E-state index contributed by atoms with van der Waals surface area (Å²) in [7, 11) is 0. The Morgan fingerprint density at radius 3 is 2.77 bits per heavy atom. The Morgan fingerprint density at radius 2 is 2.00 bits per heavy atom. The van der Waals surface area contributed by atoms with Gasteiger partial charge in [-0.1, -0.05) is 17.7 Å². The van der Waals surface area contributed by atoms with E-state index >= 15 is 0 Å². The summed E-state index contributed by atoms with van der Waals surface area (Å²) in [6.45, 7) is 2.53. The Labute approximate surface area is 179 Å². The highest BCUT2D eigenvalue weighted by atomic mass is 35.5. The van der Waals surface area contributed by atoms with Gasteiger partial charge in [0.05, 0.1) is 25.2 Å². The minimum absolute atomic E-state index is 0.105. The van der Waals surface area contributed by atoms with Gasteiger partial charge in [-0.25, -0.2) is 4.68 Å². The highest BCUT2D eigenvalue weighted by molar-refractivity contribution is 6.30. The van der Waals surface area contributed by atoms with Gasteiger partial charge in [-0.15, -0.1) is 0 Å². The first-order valence-corrected chi connectivity index (χ1v) is 10.5. The van der Waals surface area contributed by atoms with Gasteiger partial charge < -0.3 is 18.8 Å². The van der Waals surface area contributed by atoms with E-state index in [1.807, 2.05) is 29.2 Å². The van der Waals surface area contributed by atoms with Crippen molar-refractivity contribution in [1.82, 2.24) is 14.7 Å². The van der Waals surface area contributed by atoms with E-state index in [-0.39, 0.29) is 18.1 Å². The van der Waals surface area contributed by atoms with Gasteiger partial charge in [0, 0.05) is 30.1 Å². The van der Waals surface area contributed by atoms with Crippen LogP contribution in [0.4, 0.5) is 0 Å². The minimum Gasteiger partial charge on any atom is -0.463 e. The third kappa shape index (κ3) is 3.76. The molecule has 4 heterocycles. The number of furan rings is 1. The van der Waals surface area contributed by atoms with Crippen LogP contribution in [-0.4, -0.2) is 53.2 Å². The number of hydrogen-bond acceptors (Lipinski definition) is 5.